The van der Waals surface area contributed by atoms with E-state index in [9.17, 15) is 14.0 Å². The number of halogens is 1. The third-order valence-electron chi connectivity index (χ3n) is 5.15. The highest BCUT2D eigenvalue weighted by molar-refractivity contribution is 5.96. The molecule has 6 heteroatoms. The lowest BCUT2D eigenvalue weighted by Crippen LogP contribution is -2.42. The van der Waals surface area contributed by atoms with Gasteiger partial charge in [-0.25, -0.2) is 4.39 Å². The molecule has 138 valence electrons. The van der Waals surface area contributed by atoms with Crippen LogP contribution in [-0.4, -0.2) is 41.4 Å². The first-order valence-corrected chi connectivity index (χ1v) is 8.88. The zero-order valence-electron chi connectivity index (χ0n) is 15.4. The monoisotopic (exact) mass is 357 g/mol. The maximum absolute atomic E-state index is 14.2. The number of hydrogen-bond donors (Lipinski definition) is 1. The normalized spacial score (nSPS) is 15.2. The van der Waals surface area contributed by atoms with Crippen molar-refractivity contribution in [2.45, 2.75) is 26.7 Å². The van der Waals surface area contributed by atoms with Crippen molar-refractivity contribution in [2.75, 3.05) is 20.1 Å². The number of nitrogens with one attached hydrogen (secondary N) is 1. The number of likely N-dealkylation sites (tertiary alicyclic amines) is 1. The van der Waals surface area contributed by atoms with E-state index in [0.29, 0.717) is 37.2 Å². The average Bonchev–Trinajstić information content (AvgIpc) is 2.95. The van der Waals surface area contributed by atoms with E-state index in [1.807, 2.05) is 19.9 Å². The van der Waals surface area contributed by atoms with Gasteiger partial charge in [-0.1, -0.05) is 12.1 Å². The predicted octanol–water partition coefficient (Wildman–Crippen LogP) is 2.83. The van der Waals surface area contributed by atoms with Gasteiger partial charge in [0.2, 0.25) is 5.91 Å². The van der Waals surface area contributed by atoms with E-state index in [-0.39, 0.29) is 23.5 Å². The summed E-state index contributed by atoms with van der Waals surface area (Å²) in [6, 6.07) is 8.37. The van der Waals surface area contributed by atoms with Crippen molar-refractivity contribution in [1.29, 1.82) is 0 Å². The summed E-state index contributed by atoms with van der Waals surface area (Å²) in [5.74, 6) is -0.375. The number of carbonyl (C=O) groups excluding carboxylic acids is 2. The Bertz CT molecular complexity index is 836. The molecule has 26 heavy (non-hydrogen) atoms. The maximum atomic E-state index is 14.2. The largest absolute Gasteiger partial charge is 0.359 e. The van der Waals surface area contributed by atoms with E-state index in [0.717, 1.165) is 11.4 Å². The van der Waals surface area contributed by atoms with Crippen LogP contribution in [0.25, 0.3) is 5.69 Å². The van der Waals surface area contributed by atoms with Gasteiger partial charge in [0.1, 0.15) is 5.82 Å². The lowest BCUT2D eigenvalue weighted by molar-refractivity contribution is -0.125. The third kappa shape index (κ3) is 3.23. The van der Waals surface area contributed by atoms with Crippen LogP contribution < -0.4 is 5.32 Å². The van der Waals surface area contributed by atoms with Crippen LogP contribution in [0.2, 0.25) is 0 Å². The van der Waals surface area contributed by atoms with Crippen molar-refractivity contribution in [1.82, 2.24) is 14.8 Å². The second kappa shape index (κ2) is 7.32. The minimum absolute atomic E-state index is 0.0325. The number of aromatic nitrogens is 1. The summed E-state index contributed by atoms with van der Waals surface area (Å²) in [4.78, 5) is 26.5. The Hall–Kier alpha value is -2.63. The van der Waals surface area contributed by atoms with Crippen LogP contribution in [0.15, 0.2) is 30.3 Å². The molecular formula is C20H24FN3O2. The van der Waals surface area contributed by atoms with Crippen molar-refractivity contribution >= 4 is 11.8 Å². The minimum atomic E-state index is -0.320. The Morgan fingerprint density at radius 3 is 2.42 bits per heavy atom. The molecule has 1 fully saturated rings. The molecule has 1 aromatic heterocycles. The van der Waals surface area contributed by atoms with E-state index in [4.69, 9.17) is 0 Å². The molecule has 0 unspecified atom stereocenters. The first kappa shape index (κ1) is 18.2. The number of carbonyl (C=O) groups is 2. The SMILES string of the molecule is CNC(=O)C1CCN(C(=O)c2cc(C)n(-c3ccccc3F)c2C)CC1. The highest BCUT2D eigenvalue weighted by Crippen LogP contribution is 2.25. The molecule has 2 aromatic rings. The van der Waals surface area contributed by atoms with Gasteiger partial charge in [-0.05, 0) is 44.9 Å². The fourth-order valence-corrected chi connectivity index (χ4v) is 3.70. The number of nitrogens with zero attached hydrogens (tertiary/aromatic N) is 2. The third-order valence-corrected chi connectivity index (χ3v) is 5.15. The van der Waals surface area contributed by atoms with Gasteiger partial charge in [-0.3, -0.25) is 9.59 Å². The van der Waals surface area contributed by atoms with E-state index in [1.165, 1.54) is 6.07 Å². The second-order valence-electron chi connectivity index (χ2n) is 6.75. The molecule has 1 aromatic carbocycles. The summed E-state index contributed by atoms with van der Waals surface area (Å²) >= 11 is 0. The van der Waals surface area contributed by atoms with Gasteiger partial charge in [0.15, 0.2) is 0 Å². The molecule has 1 aliphatic rings. The molecule has 2 amide bonds. The van der Waals surface area contributed by atoms with E-state index < -0.39 is 0 Å². The van der Waals surface area contributed by atoms with Crippen LogP contribution >= 0.6 is 0 Å². The summed E-state index contributed by atoms with van der Waals surface area (Å²) < 4.78 is 16.0. The van der Waals surface area contributed by atoms with Crippen molar-refractivity contribution in [3.63, 3.8) is 0 Å². The lowest BCUT2D eigenvalue weighted by Gasteiger charge is -2.31. The van der Waals surface area contributed by atoms with Crippen LogP contribution in [0.5, 0.6) is 0 Å². The topological polar surface area (TPSA) is 54.3 Å². The Morgan fingerprint density at radius 1 is 1.15 bits per heavy atom. The maximum Gasteiger partial charge on any atom is 0.255 e. The van der Waals surface area contributed by atoms with Gasteiger partial charge < -0.3 is 14.8 Å². The fourth-order valence-electron chi connectivity index (χ4n) is 3.70. The lowest BCUT2D eigenvalue weighted by atomic mass is 9.95. The smallest absolute Gasteiger partial charge is 0.255 e. The fraction of sp³-hybridized carbons (Fsp3) is 0.400. The van der Waals surface area contributed by atoms with E-state index in [1.54, 1.807) is 34.7 Å². The molecule has 5 nitrogen and oxygen atoms in total. The number of benzene rings is 1. The number of piperidine rings is 1. The first-order valence-electron chi connectivity index (χ1n) is 8.88. The van der Waals surface area contributed by atoms with Crippen LogP contribution in [-0.2, 0) is 4.79 Å². The number of rotatable bonds is 3. The standard InChI is InChI=1S/C20H24FN3O2/c1-13-12-16(14(2)24(13)18-7-5-4-6-17(18)21)20(26)23-10-8-15(9-11-23)19(25)22-3/h4-7,12,15H,8-11H2,1-3H3,(H,22,25). The molecule has 0 saturated carbocycles. The highest BCUT2D eigenvalue weighted by Gasteiger charge is 2.29. The van der Waals surface area contributed by atoms with Gasteiger partial charge in [-0.2, -0.15) is 0 Å². The average molecular weight is 357 g/mol. The van der Waals surface area contributed by atoms with Gasteiger partial charge >= 0.3 is 0 Å². The Labute approximate surface area is 152 Å². The summed E-state index contributed by atoms with van der Waals surface area (Å²) in [6.07, 6.45) is 1.33. The quantitative estimate of drug-likeness (QED) is 0.918. The molecule has 0 bridgehead atoms. The van der Waals surface area contributed by atoms with Crippen LogP contribution in [0, 0.1) is 25.6 Å². The number of aryl methyl sites for hydroxylation is 1. The molecule has 0 spiro atoms. The number of hydrogen-bond acceptors (Lipinski definition) is 2. The first-order chi connectivity index (χ1) is 12.4. The molecule has 1 aliphatic heterocycles. The zero-order chi connectivity index (χ0) is 18.8. The van der Waals surface area contributed by atoms with Gasteiger partial charge in [0.25, 0.3) is 5.91 Å². The summed E-state index contributed by atoms with van der Waals surface area (Å²) in [5.41, 5.74) is 2.58. The Kier molecular flexibility index (Phi) is 5.11. The van der Waals surface area contributed by atoms with Gasteiger partial charge in [0, 0.05) is 37.4 Å². The van der Waals surface area contributed by atoms with Crippen molar-refractivity contribution in [3.8, 4) is 5.69 Å². The zero-order valence-corrected chi connectivity index (χ0v) is 15.4. The summed E-state index contributed by atoms with van der Waals surface area (Å²) in [6.45, 7) is 4.82. The Morgan fingerprint density at radius 2 is 1.81 bits per heavy atom. The predicted molar refractivity (Wildman–Crippen MR) is 97.9 cm³/mol. The molecule has 1 saturated heterocycles. The van der Waals surface area contributed by atoms with Gasteiger partial charge in [-0.15, -0.1) is 0 Å². The van der Waals surface area contributed by atoms with Crippen LogP contribution in [0.3, 0.4) is 0 Å². The van der Waals surface area contributed by atoms with Crippen molar-refractivity contribution < 1.29 is 14.0 Å². The van der Waals surface area contributed by atoms with Crippen molar-refractivity contribution in [3.05, 3.63) is 53.1 Å². The molecule has 2 heterocycles. The summed E-state index contributed by atoms with van der Waals surface area (Å²) in [5, 5.41) is 2.67. The van der Waals surface area contributed by atoms with Crippen molar-refractivity contribution in [2.24, 2.45) is 5.92 Å². The second-order valence-corrected chi connectivity index (χ2v) is 6.75. The molecule has 0 aliphatic carbocycles. The van der Waals surface area contributed by atoms with Gasteiger partial charge in [0.05, 0.1) is 11.3 Å². The minimum Gasteiger partial charge on any atom is -0.359 e. The number of amides is 2. The molecule has 0 radical (unpaired) electrons. The molecule has 0 atom stereocenters. The van der Waals surface area contributed by atoms with E-state index in [2.05, 4.69) is 5.32 Å². The number of para-hydroxylation sites is 1. The molecular weight excluding hydrogens is 333 g/mol. The van der Waals surface area contributed by atoms with Crippen LogP contribution in [0.4, 0.5) is 4.39 Å². The summed E-state index contributed by atoms with van der Waals surface area (Å²) in [7, 11) is 1.64. The van der Waals surface area contributed by atoms with Crippen LogP contribution in [0.1, 0.15) is 34.6 Å². The van der Waals surface area contributed by atoms with E-state index >= 15 is 0 Å². The molecule has 1 N–H and O–H groups in total. The molecule has 3 rings (SSSR count). The highest BCUT2D eigenvalue weighted by atomic mass is 19.1. The Balaban J connectivity index is 1.83.